The first-order chi connectivity index (χ1) is 9.47. The van der Waals surface area contributed by atoms with E-state index in [2.05, 4.69) is 35.2 Å². The van der Waals surface area contributed by atoms with Gasteiger partial charge < -0.3 is 4.90 Å². The standard InChI is InChI=1S/C18H25NO/c1-18(2,3)17(20)19-15-9-10-16(19)12-14(11-15)13-7-5-4-6-8-13/h4-8,14-16H,9-12H2,1-3H3. The normalized spacial score (nSPS) is 29.6. The van der Waals surface area contributed by atoms with Gasteiger partial charge in [-0.2, -0.15) is 0 Å². The number of carbonyl (C=O) groups is 1. The van der Waals surface area contributed by atoms with E-state index in [1.165, 1.54) is 18.4 Å². The Hall–Kier alpha value is -1.31. The first-order valence-electron chi connectivity index (χ1n) is 7.84. The van der Waals surface area contributed by atoms with E-state index in [-0.39, 0.29) is 5.41 Å². The van der Waals surface area contributed by atoms with Crippen LogP contribution in [0.1, 0.15) is 57.9 Å². The molecule has 108 valence electrons. The summed E-state index contributed by atoms with van der Waals surface area (Å²) < 4.78 is 0. The number of rotatable bonds is 1. The monoisotopic (exact) mass is 271 g/mol. The van der Waals surface area contributed by atoms with Gasteiger partial charge in [0.2, 0.25) is 5.91 Å². The Bertz CT molecular complexity index is 474. The second-order valence-electron chi connectivity index (χ2n) is 7.43. The Morgan fingerprint density at radius 2 is 1.60 bits per heavy atom. The molecule has 20 heavy (non-hydrogen) atoms. The molecule has 2 heteroatoms. The molecule has 2 nitrogen and oxygen atoms in total. The van der Waals surface area contributed by atoms with Crippen molar-refractivity contribution in [2.24, 2.45) is 5.41 Å². The predicted molar refractivity (Wildman–Crippen MR) is 81.5 cm³/mol. The van der Waals surface area contributed by atoms with E-state index in [1.54, 1.807) is 0 Å². The maximum atomic E-state index is 12.6. The minimum absolute atomic E-state index is 0.250. The smallest absolute Gasteiger partial charge is 0.228 e. The van der Waals surface area contributed by atoms with Gasteiger partial charge in [0.15, 0.2) is 0 Å². The molecule has 2 atom stereocenters. The van der Waals surface area contributed by atoms with Crippen molar-refractivity contribution in [1.82, 2.24) is 4.90 Å². The van der Waals surface area contributed by atoms with E-state index in [9.17, 15) is 4.79 Å². The summed E-state index contributed by atoms with van der Waals surface area (Å²) >= 11 is 0. The van der Waals surface area contributed by atoms with Crippen LogP contribution < -0.4 is 0 Å². The molecule has 0 spiro atoms. The molecule has 1 aromatic rings. The zero-order valence-electron chi connectivity index (χ0n) is 12.8. The highest BCUT2D eigenvalue weighted by Gasteiger charge is 2.45. The van der Waals surface area contributed by atoms with E-state index in [0.717, 1.165) is 12.8 Å². The van der Waals surface area contributed by atoms with Crippen LogP contribution in [0.3, 0.4) is 0 Å². The van der Waals surface area contributed by atoms with Gasteiger partial charge in [-0.1, -0.05) is 51.1 Å². The number of benzene rings is 1. The first kappa shape index (κ1) is 13.7. The molecule has 0 N–H and O–H groups in total. The number of hydrogen-bond donors (Lipinski definition) is 0. The van der Waals surface area contributed by atoms with Gasteiger partial charge in [-0.25, -0.2) is 0 Å². The average molecular weight is 271 g/mol. The lowest BCUT2D eigenvalue weighted by atomic mass is 9.83. The van der Waals surface area contributed by atoms with Gasteiger partial charge in [0, 0.05) is 17.5 Å². The van der Waals surface area contributed by atoms with Gasteiger partial charge >= 0.3 is 0 Å². The third-order valence-electron chi connectivity index (χ3n) is 4.88. The number of amides is 1. The van der Waals surface area contributed by atoms with Crippen LogP contribution in [-0.4, -0.2) is 22.9 Å². The fraction of sp³-hybridized carbons (Fsp3) is 0.611. The summed E-state index contributed by atoms with van der Waals surface area (Å²) in [5.74, 6) is 0.981. The Balaban J connectivity index is 1.78. The predicted octanol–water partition coefficient (Wildman–Crippen LogP) is 3.97. The Kier molecular flexibility index (Phi) is 3.35. The van der Waals surface area contributed by atoms with Gasteiger partial charge in [-0.05, 0) is 37.2 Å². The molecule has 0 aliphatic carbocycles. The van der Waals surface area contributed by atoms with Crippen molar-refractivity contribution in [1.29, 1.82) is 0 Å². The number of carbonyl (C=O) groups excluding carboxylic acids is 1. The summed E-state index contributed by atoms with van der Waals surface area (Å²) in [4.78, 5) is 14.9. The molecule has 0 saturated carbocycles. The highest BCUT2D eigenvalue weighted by Crippen LogP contribution is 2.44. The van der Waals surface area contributed by atoms with Gasteiger partial charge in [0.25, 0.3) is 0 Å². The zero-order valence-corrected chi connectivity index (χ0v) is 12.8. The fourth-order valence-electron chi connectivity index (χ4n) is 3.89. The molecule has 3 rings (SSSR count). The fourth-order valence-corrected chi connectivity index (χ4v) is 3.89. The maximum Gasteiger partial charge on any atom is 0.228 e. The van der Waals surface area contributed by atoms with E-state index < -0.39 is 0 Å². The van der Waals surface area contributed by atoms with Crippen LogP contribution in [0.15, 0.2) is 30.3 Å². The van der Waals surface area contributed by atoms with Crippen LogP contribution in [0.4, 0.5) is 0 Å². The lowest BCUT2D eigenvalue weighted by molar-refractivity contribution is -0.144. The topological polar surface area (TPSA) is 20.3 Å². The zero-order chi connectivity index (χ0) is 14.3. The Morgan fingerprint density at radius 1 is 1.05 bits per heavy atom. The van der Waals surface area contributed by atoms with Crippen molar-refractivity contribution in [3.63, 3.8) is 0 Å². The summed E-state index contributed by atoms with van der Waals surface area (Å²) in [6, 6.07) is 11.7. The minimum atomic E-state index is -0.250. The Morgan fingerprint density at radius 3 is 2.10 bits per heavy atom. The lowest BCUT2D eigenvalue weighted by Crippen LogP contribution is -2.50. The van der Waals surface area contributed by atoms with Crippen molar-refractivity contribution < 1.29 is 4.79 Å². The van der Waals surface area contributed by atoms with Crippen LogP contribution in [0.2, 0.25) is 0 Å². The van der Waals surface area contributed by atoms with Crippen LogP contribution in [0.5, 0.6) is 0 Å². The van der Waals surface area contributed by atoms with Crippen molar-refractivity contribution in [2.45, 2.75) is 64.5 Å². The van der Waals surface area contributed by atoms with Crippen molar-refractivity contribution >= 4 is 5.91 Å². The molecule has 2 aliphatic rings. The molecule has 2 bridgehead atoms. The average Bonchev–Trinajstić information content (AvgIpc) is 2.67. The highest BCUT2D eigenvalue weighted by molar-refractivity contribution is 5.82. The van der Waals surface area contributed by atoms with E-state index in [0.29, 0.717) is 23.9 Å². The molecule has 1 amide bonds. The number of piperidine rings is 1. The second-order valence-corrected chi connectivity index (χ2v) is 7.43. The van der Waals surface area contributed by atoms with E-state index in [1.807, 2.05) is 20.8 Å². The van der Waals surface area contributed by atoms with Gasteiger partial charge in [-0.3, -0.25) is 4.79 Å². The third-order valence-corrected chi connectivity index (χ3v) is 4.88. The molecule has 1 aromatic carbocycles. The minimum Gasteiger partial charge on any atom is -0.336 e. The number of hydrogen-bond acceptors (Lipinski definition) is 1. The van der Waals surface area contributed by atoms with Gasteiger partial charge in [0.05, 0.1) is 0 Å². The molecule has 2 saturated heterocycles. The molecular formula is C18H25NO. The van der Waals surface area contributed by atoms with Gasteiger partial charge in [0.1, 0.15) is 0 Å². The molecular weight excluding hydrogens is 246 g/mol. The molecule has 0 radical (unpaired) electrons. The molecule has 2 fully saturated rings. The summed E-state index contributed by atoms with van der Waals surface area (Å²) in [5, 5.41) is 0. The molecule has 2 heterocycles. The quantitative estimate of drug-likeness (QED) is 0.757. The SMILES string of the molecule is CC(C)(C)C(=O)N1C2CCC1CC(c1ccccc1)C2. The van der Waals surface area contributed by atoms with Crippen LogP contribution >= 0.6 is 0 Å². The summed E-state index contributed by atoms with van der Waals surface area (Å²) in [6.45, 7) is 6.12. The van der Waals surface area contributed by atoms with E-state index >= 15 is 0 Å². The molecule has 2 unspecified atom stereocenters. The van der Waals surface area contributed by atoms with E-state index in [4.69, 9.17) is 0 Å². The van der Waals surface area contributed by atoms with Crippen molar-refractivity contribution in [2.75, 3.05) is 0 Å². The molecule has 0 aromatic heterocycles. The largest absolute Gasteiger partial charge is 0.336 e. The van der Waals surface area contributed by atoms with Crippen LogP contribution in [0, 0.1) is 5.41 Å². The number of nitrogens with zero attached hydrogens (tertiary/aromatic N) is 1. The lowest BCUT2D eigenvalue weighted by Gasteiger charge is -2.42. The van der Waals surface area contributed by atoms with Gasteiger partial charge in [-0.15, -0.1) is 0 Å². The van der Waals surface area contributed by atoms with Crippen LogP contribution in [0.25, 0.3) is 0 Å². The van der Waals surface area contributed by atoms with Crippen molar-refractivity contribution in [3.05, 3.63) is 35.9 Å². The van der Waals surface area contributed by atoms with Crippen LogP contribution in [-0.2, 0) is 4.79 Å². The second kappa shape index (κ2) is 4.91. The highest BCUT2D eigenvalue weighted by atomic mass is 16.2. The maximum absolute atomic E-state index is 12.6. The summed E-state index contributed by atoms with van der Waals surface area (Å²) in [6.07, 6.45) is 4.66. The first-order valence-corrected chi connectivity index (χ1v) is 7.84. The Labute approximate surface area is 122 Å². The summed E-state index contributed by atoms with van der Waals surface area (Å²) in [7, 11) is 0. The molecule has 2 aliphatic heterocycles. The van der Waals surface area contributed by atoms with Crippen molar-refractivity contribution in [3.8, 4) is 0 Å². The summed E-state index contributed by atoms with van der Waals surface area (Å²) in [5.41, 5.74) is 1.20. The number of fused-ring (bicyclic) bond motifs is 2. The third kappa shape index (κ3) is 2.36.